The van der Waals surface area contributed by atoms with Crippen LogP contribution in [0.15, 0.2) is 60.8 Å². The van der Waals surface area contributed by atoms with E-state index in [4.69, 9.17) is 18.5 Å². The lowest BCUT2D eigenvalue weighted by molar-refractivity contribution is -0.870. The molecule has 0 rings (SSSR count). The summed E-state index contributed by atoms with van der Waals surface area (Å²) in [6.07, 6.45) is 86.1. The van der Waals surface area contributed by atoms with Gasteiger partial charge in [-0.05, 0) is 83.5 Å². The van der Waals surface area contributed by atoms with Gasteiger partial charge in [0, 0.05) is 12.8 Å². The number of carbonyl (C=O) groups is 2. The van der Waals surface area contributed by atoms with Crippen LogP contribution < -0.4 is 4.89 Å². The third-order valence-electron chi connectivity index (χ3n) is 16.0. The minimum Gasteiger partial charge on any atom is -0.756 e. The molecule has 0 amide bonds. The molecule has 0 saturated heterocycles. The molecule has 9 nitrogen and oxygen atoms in total. The van der Waals surface area contributed by atoms with Gasteiger partial charge >= 0.3 is 11.9 Å². The number of hydrogen-bond donors (Lipinski definition) is 0. The molecule has 2 unspecified atom stereocenters. The zero-order valence-corrected chi connectivity index (χ0v) is 57.0. The van der Waals surface area contributed by atoms with E-state index < -0.39 is 26.5 Å². The second kappa shape index (κ2) is 65.2. The number of quaternary nitrogens is 1. The van der Waals surface area contributed by atoms with Crippen molar-refractivity contribution >= 4 is 19.8 Å². The lowest BCUT2D eigenvalue weighted by Gasteiger charge is -2.28. The van der Waals surface area contributed by atoms with Gasteiger partial charge in [-0.25, -0.2) is 0 Å². The van der Waals surface area contributed by atoms with Gasteiger partial charge in [-0.3, -0.25) is 14.2 Å². The predicted molar refractivity (Wildman–Crippen MR) is 360 cm³/mol. The van der Waals surface area contributed by atoms with Crippen molar-refractivity contribution in [1.29, 1.82) is 0 Å². The molecule has 492 valence electrons. The highest BCUT2D eigenvalue weighted by Crippen LogP contribution is 2.38. The number of unbranched alkanes of at least 4 members (excludes halogenated alkanes) is 43. The van der Waals surface area contributed by atoms with Crippen LogP contribution in [0.25, 0.3) is 0 Å². The van der Waals surface area contributed by atoms with Crippen LogP contribution in [0.5, 0.6) is 0 Å². The molecule has 0 spiro atoms. The number of phosphoric acid groups is 1. The number of hydrogen-bond acceptors (Lipinski definition) is 8. The van der Waals surface area contributed by atoms with Crippen LogP contribution in [0, 0.1) is 0 Å². The Morgan fingerprint density at radius 2 is 0.643 bits per heavy atom. The van der Waals surface area contributed by atoms with Crippen LogP contribution >= 0.6 is 7.82 Å². The van der Waals surface area contributed by atoms with Gasteiger partial charge in [0.15, 0.2) is 6.10 Å². The molecule has 0 aliphatic heterocycles. The Morgan fingerprint density at radius 1 is 0.369 bits per heavy atom. The van der Waals surface area contributed by atoms with Crippen molar-refractivity contribution in [2.45, 2.75) is 354 Å². The number of ether oxygens (including phenoxy) is 2. The molecule has 0 aromatic heterocycles. The first-order valence-electron chi connectivity index (χ1n) is 36.0. The zero-order chi connectivity index (χ0) is 61.2. The molecule has 0 N–H and O–H groups in total. The molecule has 0 radical (unpaired) electrons. The van der Waals surface area contributed by atoms with E-state index in [1.807, 2.05) is 21.1 Å². The standard InChI is InChI=1S/C74H138NO8P/c1-6-8-10-12-14-16-18-20-22-24-26-27-28-29-30-31-32-33-34-35-36-37-38-39-40-41-42-43-44-45-46-47-49-51-53-55-57-59-61-63-65-67-74(77)83-72(71-82-84(78,79)81-69-68-75(3,4)5)70-80-73(76)66-64-62-60-58-56-54-52-50-48-25-23-21-19-17-15-13-11-9-7-2/h15,17-18,20-21,23-24,26,28-29,72H,6-14,16,19,22,25,27,30-71H2,1-5H3/b17-15-,20-18-,23-21-,26-24-,29-28-. The summed E-state index contributed by atoms with van der Waals surface area (Å²) < 4.78 is 34.3. The predicted octanol–water partition coefficient (Wildman–Crippen LogP) is 22.8. The molecule has 0 saturated carbocycles. The van der Waals surface area contributed by atoms with Gasteiger partial charge in [0.25, 0.3) is 7.82 Å². The van der Waals surface area contributed by atoms with E-state index in [0.717, 1.165) is 51.4 Å². The number of phosphoric ester groups is 1. The minimum atomic E-state index is -4.64. The highest BCUT2D eigenvalue weighted by atomic mass is 31.2. The number of esters is 2. The Bertz CT molecular complexity index is 1600. The maximum Gasteiger partial charge on any atom is 0.306 e. The van der Waals surface area contributed by atoms with E-state index in [-0.39, 0.29) is 32.0 Å². The van der Waals surface area contributed by atoms with Crippen LogP contribution in [-0.2, 0) is 32.7 Å². The number of likely N-dealkylation sites (N-methyl/N-ethyl adjacent to an activating group) is 1. The fourth-order valence-corrected chi connectivity index (χ4v) is 11.2. The summed E-state index contributed by atoms with van der Waals surface area (Å²) >= 11 is 0. The lowest BCUT2D eigenvalue weighted by atomic mass is 10.0. The molecule has 10 heteroatoms. The van der Waals surface area contributed by atoms with Crippen molar-refractivity contribution in [2.75, 3.05) is 47.5 Å². The Hall–Kier alpha value is -2.29. The minimum absolute atomic E-state index is 0.0305. The quantitative estimate of drug-likeness (QED) is 0.0195. The van der Waals surface area contributed by atoms with Crippen molar-refractivity contribution < 1.29 is 42.1 Å². The third kappa shape index (κ3) is 68.8. The molecule has 0 aliphatic rings. The van der Waals surface area contributed by atoms with Gasteiger partial charge in [0.2, 0.25) is 0 Å². The highest BCUT2D eigenvalue weighted by Gasteiger charge is 2.22. The van der Waals surface area contributed by atoms with Crippen molar-refractivity contribution in [1.82, 2.24) is 0 Å². The van der Waals surface area contributed by atoms with Crippen molar-refractivity contribution in [3.8, 4) is 0 Å². The van der Waals surface area contributed by atoms with Gasteiger partial charge in [-0.15, -0.1) is 0 Å². The lowest BCUT2D eigenvalue weighted by Crippen LogP contribution is -2.37. The molecule has 0 aliphatic carbocycles. The van der Waals surface area contributed by atoms with Gasteiger partial charge in [0.1, 0.15) is 19.8 Å². The maximum atomic E-state index is 12.9. The van der Waals surface area contributed by atoms with Gasteiger partial charge in [0.05, 0.1) is 27.7 Å². The first-order chi connectivity index (χ1) is 41.0. The zero-order valence-electron chi connectivity index (χ0n) is 56.1. The highest BCUT2D eigenvalue weighted by molar-refractivity contribution is 7.45. The molecular formula is C74H138NO8P. The molecule has 0 heterocycles. The molecule has 84 heavy (non-hydrogen) atoms. The Morgan fingerprint density at radius 3 is 0.976 bits per heavy atom. The number of rotatable bonds is 67. The maximum absolute atomic E-state index is 12.9. The monoisotopic (exact) mass is 1200 g/mol. The van der Waals surface area contributed by atoms with E-state index in [9.17, 15) is 19.0 Å². The second-order valence-electron chi connectivity index (χ2n) is 25.6. The third-order valence-corrected chi connectivity index (χ3v) is 17.0. The number of allylic oxidation sites excluding steroid dienone is 10. The summed E-state index contributed by atoms with van der Waals surface area (Å²) in [5.74, 6) is -0.823. The first-order valence-corrected chi connectivity index (χ1v) is 37.5. The van der Waals surface area contributed by atoms with Crippen LogP contribution in [0.1, 0.15) is 348 Å². The van der Waals surface area contributed by atoms with Gasteiger partial charge < -0.3 is 27.9 Å². The molecule has 0 fully saturated rings. The summed E-state index contributed by atoms with van der Waals surface area (Å²) in [4.78, 5) is 38.0. The van der Waals surface area contributed by atoms with E-state index in [1.165, 1.54) is 263 Å². The van der Waals surface area contributed by atoms with Crippen molar-refractivity contribution in [3.05, 3.63) is 60.8 Å². The Labute approximate surface area is 521 Å². The first kappa shape index (κ1) is 81.7. The average Bonchev–Trinajstić information content (AvgIpc) is 3.46. The number of carbonyl (C=O) groups excluding carboxylic acids is 2. The van der Waals surface area contributed by atoms with Crippen molar-refractivity contribution in [2.24, 2.45) is 0 Å². The topological polar surface area (TPSA) is 111 Å². The summed E-state index contributed by atoms with van der Waals surface area (Å²) in [6.45, 7) is 4.24. The fourth-order valence-electron chi connectivity index (χ4n) is 10.5. The van der Waals surface area contributed by atoms with E-state index >= 15 is 0 Å². The summed E-state index contributed by atoms with van der Waals surface area (Å²) in [7, 11) is 1.18. The van der Waals surface area contributed by atoms with E-state index in [0.29, 0.717) is 17.4 Å². The summed E-state index contributed by atoms with van der Waals surface area (Å²) in [6, 6.07) is 0. The van der Waals surface area contributed by atoms with Gasteiger partial charge in [-0.1, -0.05) is 312 Å². The Balaban J connectivity index is 3.89. The van der Waals surface area contributed by atoms with Crippen LogP contribution in [0.4, 0.5) is 0 Å². The normalized spacial score (nSPS) is 13.5. The van der Waals surface area contributed by atoms with Gasteiger partial charge in [-0.2, -0.15) is 0 Å². The molecule has 0 aromatic carbocycles. The second-order valence-corrected chi connectivity index (χ2v) is 27.0. The fraction of sp³-hybridized carbons (Fsp3) is 0.838. The van der Waals surface area contributed by atoms with Crippen LogP contribution in [0.3, 0.4) is 0 Å². The summed E-state index contributed by atoms with van der Waals surface area (Å²) in [5, 5.41) is 0. The van der Waals surface area contributed by atoms with Crippen molar-refractivity contribution in [3.63, 3.8) is 0 Å². The largest absolute Gasteiger partial charge is 0.756 e. The van der Waals surface area contributed by atoms with Crippen LogP contribution in [0.2, 0.25) is 0 Å². The molecular weight excluding hydrogens is 1060 g/mol. The summed E-state index contributed by atoms with van der Waals surface area (Å²) in [5.41, 5.74) is 0. The molecule has 0 aromatic rings. The van der Waals surface area contributed by atoms with E-state index in [2.05, 4.69) is 74.6 Å². The molecule has 0 bridgehead atoms. The van der Waals surface area contributed by atoms with Crippen LogP contribution in [-0.4, -0.2) is 70.0 Å². The Kier molecular flexibility index (Phi) is 63.4. The van der Waals surface area contributed by atoms with E-state index in [1.54, 1.807) is 0 Å². The molecule has 2 atom stereocenters. The SMILES string of the molecule is CCCCC/C=C\C/C=C\CCCCCCCCCCCC(=O)OCC(COP(=O)([O-])OCC[N+](C)(C)C)OC(=O)CCCCCCCCCCCCCCCCCCCCCCCCCCCC/C=C\C/C=C\C/C=C\CCCCCCC. The number of nitrogens with zero attached hydrogens (tertiary/aromatic N) is 1. The average molecular weight is 1200 g/mol. The smallest absolute Gasteiger partial charge is 0.306 e.